The number of carbonyl (C=O) groups excluding carboxylic acids is 2. The van der Waals surface area contributed by atoms with Gasteiger partial charge in [-0.2, -0.15) is 0 Å². The zero-order chi connectivity index (χ0) is 23.5. The number of fused-ring (bicyclic) bond motifs is 1. The lowest BCUT2D eigenvalue weighted by Gasteiger charge is -2.25. The van der Waals surface area contributed by atoms with Crippen molar-refractivity contribution in [1.82, 2.24) is 4.57 Å². The largest absolute Gasteiger partial charge is 0.465 e. The van der Waals surface area contributed by atoms with Crippen LogP contribution in [0.2, 0.25) is 0 Å². The molecule has 5 heteroatoms. The van der Waals surface area contributed by atoms with Crippen LogP contribution in [0.25, 0.3) is 0 Å². The van der Waals surface area contributed by atoms with Gasteiger partial charge >= 0.3 is 5.97 Å². The number of rotatable bonds is 14. The number of hydrogen-bond donors (Lipinski definition) is 0. The first-order valence-electron chi connectivity index (χ1n) is 12.8. The summed E-state index contributed by atoms with van der Waals surface area (Å²) in [5, 5.41) is 0. The van der Waals surface area contributed by atoms with Gasteiger partial charge in [-0.1, -0.05) is 76.8 Å². The average molecular weight is 456 g/mol. The van der Waals surface area contributed by atoms with Crippen molar-refractivity contribution >= 4 is 11.8 Å². The molecule has 2 aromatic rings. The molecule has 0 spiro atoms. The quantitative estimate of drug-likeness (QED) is 0.172. The summed E-state index contributed by atoms with van der Waals surface area (Å²) in [5.74, 6) is -1.45. The predicted octanol–water partition coefficient (Wildman–Crippen LogP) is 7.20. The smallest absolute Gasteiger partial charge is 0.314 e. The average Bonchev–Trinajstić information content (AvgIpc) is 3.26. The topological polar surface area (TPSA) is 48.3 Å². The Morgan fingerprint density at radius 2 is 1.61 bits per heavy atom. The van der Waals surface area contributed by atoms with E-state index in [1.807, 2.05) is 10.6 Å². The van der Waals surface area contributed by atoms with Gasteiger partial charge < -0.3 is 9.30 Å². The molecular weight excluding hydrogens is 417 g/mol. The van der Waals surface area contributed by atoms with Crippen molar-refractivity contribution in [2.75, 3.05) is 6.61 Å². The summed E-state index contributed by atoms with van der Waals surface area (Å²) in [6.07, 6.45) is 13.9. The lowest BCUT2D eigenvalue weighted by Crippen LogP contribution is -2.26. The molecule has 0 saturated carbocycles. The molecule has 0 radical (unpaired) electrons. The molecular formula is C28H38FNO3. The molecule has 4 nitrogen and oxygen atoms in total. The van der Waals surface area contributed by atoms with E-state index in [1.54, 1.807) is 18.2 Å². The highest BCUT2D eigenvalue weighted by molar-refractivity contribution is 6.08. The van der Waals surface area contributed by atoms with Gasteiger partial charge in [0, 0.05) is 12.2 Å². The van der Waals surface area contributed by atoms with Crippen LogP contribution in [0, 0.1) is 5.82 Å². The van der Waals surface area contributed by atoms with Gasteiger partial charge in [-0.25, -0.2) is 4.39 Å². The molecule has 180 valence electrons. The number of hydrogen-bond acceptors (Lipinski definition) is 3. The normalized spacial score (nSPS) is 15.3. The first-order valence-corrected chi connectivity index (χ1v) is 12.8. The SMILES string of the molecule is CCCCCCCCCCCCOC(=O)C1CCCn2c(C(=O)c3ccccc3F)ccc21. The Morgan fingerprint density at radius 1 is 0.939 bits per heavy atom. The van der Waals surface area contributed by atoms with Crippen LogP contribution in [-0.2, 0) is 16.1 Å². The maximum Gasteiger partial charge on any atom is 0.314 e. The first kappa shape index (κ1) is 25.2. The number of ketones is 1. The fraction of sp³-hybridized carbons (Fsp3) is 0.571. The summed E-state index contributed by atoms with van der Waals surface area (Å²) >= 11 is 0. The van der Waals surface area contributed by atoms with Gasteiger partial charge in [0.25, 0.3) is 0 Å². The number of benzene rings is 1. The summed E-state index contributed by atoms with van der Waals surface area (Å²) in [6.45, 7) is 3.35. The Hall–Kier alpha value is -2.43. The number of unbranched alkanes of at least 4 members (excludes halogenated alkanes) is 9. The molecule has 0 saturated heterocycles. The molecule has 33 heavy (non-hydrogen) atoms. The lowest BCUT2D eigenvalue weighted by molar-refractivity contribution is -0.146. The first-order chi connectivity index (χ1) is 16.1. The molecule has 0 fully saturated rings. The molecule has 1 atom stereocenters. The van der Waals surface area contributed by atoms with Gasteiger partial charge in [-0.15, -0.1) is 0 Å². The molecule has 1 aliphatic heterocycles. The monoisotopic (exact) mass is 455 g/mol. The van der Waals surface area contributed by atoms with E-state index in [1.165, 1.54) is 63.5 Å². The summed E-state index contributed by atoms with van der Waals surface area (Å²) in [7, 11) is 0. The van der Waals surface area contributed by atoms with E-state index >= 15 is 0 Å². The number of halogens is 1. The number of esters is 1. The minimum atomic E-state index is -0.527. The summed E-state index contributed by atoms with van der Waals surface area (Å²) in [6, 6.07) is 9.54. The van der Waals surface area contributed by atoms with Crippen LogP contribution in [-0.4, -0.2) is 22.9 Å². The summed E-state index contributed by atoms with van der Waals surface area (Å²) < 4.78 is 21.6. The molecule has 0 aliphatic carbocycles. The minimum absolute atomic E-state index is 0.0593. The van der Waals surface area contributed by atoms with Crippen LogP contribution >= 0.6 is 0 Å². The Labute approximate surface area is 197 Å². The lowest BCUT2D eigenvalue weighted by atomic mass is 9.96. The number of ether oxygens (including phenoxy) is 1. The van der Waals surface area contributed by atoms with E-state index in [4.69, 9.17) is 4.74 Å². The van der Waals surface area contributed by atoms with Crippen molar-refractivity contribution in [2.45, 2.75) is 96.4 Å². The van der Waals surface area contributed by atoms with Gasteiger partial charge in [0.05, 0.1) is 23.8 Å². The Bertz CT molecular complexity index is 904. The fourth-order valence-electron chi connectivity index (χ4n) is 4.72. The maximum absolute atomic E-state index is 14.1. The predicted molar refractivity (Wildman–Crippen MR) is 129 cm³/mol. The Morgan fingerprint density at radius 3 is 2.30 bits per heavy atom. The highest BCUT2D eigenvalue weighted by Crippen LogP contribution is 2.31. The van der Waals surface area contributed by atoms with E-state index in [0.29, 0.717) is 25.3 Å². The molecule has 1 aromatic carbocycles. The van der Waals surface area contributed by atoms with Crippen LogP contribution in [0.1, 0.15) is 112 Å². The third-order valence-corrected chi connectivity index (χ3v) is 6.62. The number of nitrogens with zero attached hydrogens (tertiary/aromatic N) is 1. The van der Waals surface area contributed by atoms with E-state index in [0.717, 1.165) is 25.0 Å². The van der Waals surface area contributed by atoms with Crippen LogP contribution < -0.4 is 0 Å². The van der Waals surface area contributed by atoms with E-state index in [2.05, 4.69) is 6.92 Å². The van der Waals surface area contributed by atoms with E-state index in [9.17, 15) is 14.0 Å². The highest BCUT2D eigenvalue weighted by Gasteiger charge is 2.31. The maximum atomic E-state index is 14.1. The molecule has 1 aliphatic rings. The molecule has 0 N–H and O–H groups in total. The highest BCUT2D eigenvalue weighted by atomic mass is 19.1. The second kappa shape index (κ2) is 13.3. The van der Waals surface area contributed by atoms with Gasteiger partial charge in [0.1, 0.15) is 5.82 Å². The van der Waals surface area contributed by atoms with Crippen LogP contribution in [0.4, 0.5) is 4.39 Å². The number of carbonyl (C=O) groups is 2. The third kappa shape index (κ3) is 7.02. The van der Waals surface area contributed by atoms with Crippen molar-refractivity contribution in [3.05, 3.63) is 59.2 Å². The van der Waals surface area contributed by atoms with Crippen molar-refractivity contribution in [3.8, 4) is 0 Å². The Kier molecular flexibility index (Phi) is 10.2. The third-order valence-electron chi connectivity index (χ3n) is 6.62. The van der Waals surface area contributed by atoms with Gasteiger partial charge in [-0.05, 0) is 43.5 Å². The summed E-state index contributed by atoms with van der Waals surface area (Å²) in [4.78, 5) is 25.6. The van der Waals surface area contributed by atoms with Crippen LogP contribution in [0.15, 0.2) is 36.4 Å². The Balaban J connectivity index is 1.43. The summed E-state index contributed by atoms with van der Waals surface area (Å²) in [5.41, 5.74) is 1.29. The minimum Gasteiger partial charge on any atom is -0.465 e. The van der Waals surface area contributed by atoms with Gasteiger partial charge in [-0.3, -0.25) is 9.59 Å². The van der Waals surface area contributed by atoms with E-state index in [-0.39, 0.29) is 23.2 Å². The molecule has 0 amide bonds. The van der Waals surface area contributed by atoms with Crippen LogP contribution in [0.3, 0.4) is 0 Å². The molecule has 1 aromatic heterocycles. The van der Waals surface area contributed by atoms with Crippen molar-refractivity contribution in [2.24, 2.45) is 0 Å². The van der Waals surface area contributed by atoms with Gasteiger partial charge in [0.15, 0.2) is 0 Å². The molecule has 1 unspecified atom stereocenters. The second-order valence-electron chi connectivity index (χ2n) is 9.15. The van der Waals surface area contributed by atoms with E-state index < -0.39 is 5.82 Å². The van der Waals surface area contributed by atoms with Gasteiger partial charge in [0.2, 0.25) is 5.78 Å². The second-order valence-corrected chi connectivity index (χ2v) is 9.15. The molecule has 3 rings (SSSR count). The van der Waals surface area contributed by atoms with Crippen molar-refractivity contribution in [3.63, 3.8) is 0 Å². The van der Waals surface area contributed by atoms with Crippen molar-refractivity contribution in [1.29, 1.82) is 0 Å². The fourth-order valence-corrected chi connectivity index (χ4v) is 4.72. The standard InChI is InChI=1S/C28H38FNO3/c1-2-3-4-5-6-7-8-9-10-13-21-33-28(32)23-16-14-20-30-25(23)18-19-26(30)27(31)22-15-11-12-17-24(22)29/h11-12,15,17-19,23H,2-10,13-14,16,20-21H2,1H3. The zero-order valence-corrected chi connectivity index (χ0v) is 20.0. The molecule has 2 heterocycles. The zero-order valence-electron chi connectivity index (χ0n) is 20.0. The van der Waals surface area contributed by atoms with Crippen LogP contribution in [0.5, 0.6) is 0 Å². The molecule has 0 bridgehead atoms. The van der Waals surface area contributed by atoms with Crippen molar-refractivity contribution < 1.29 is 18.7 Å². The number of aromatic nitrogens is 1.